The number of carbonyl (C=O) groups excluding carboxylic acids is 2. The zero-order chi connectivity index (χ0) is 20.5. The van der Waals surface area contributed by atoms with Gasteiger partial charge in [-0.15, -0.1) is 0 Å². The molecule has 2 rings (SSSR count). The number of nitrogens with one attached hydrogen (secondary N) is 1. The minimum atomic E-state index is -0.297. The number of likely N-dealkylation sites (N-methyl/N-ethyl adjacent to an activating group) is 2. The SMILES string of the molecule is Cc1ccc(OCCN(C)CC(=O)N(C)CC(=O)Nc2ccccc2Cl)cc1. The molecule has 0 aromatic heterocycles. The van der Waals surface area contributed by atoms with E-state index in [0.29, 0.717) is 23.9 Å². The van der Waals surface area contributed by atoms with Gasteiger partial charge in [0, 0.05) is 13.6 Å². The highest BCUT2D eigenvalue weighted by atomic mass is 35.5. The summed E-state index contributed by atoms with van der Waals surface area (Å²) < 4.78 is 5.67. The number of anilines is 1. The third-order valence-corrected chi connectivity index (χ3v) is 4.45. The second-order valence-electron chi connectivity index (χ2n) is 6.68. The van der Waals surface area contributed by atoms with Crippen LogP contribution in [0, 0.1) is 6.92 Å². The number of benzene rings is 2. The van der Waals surface area contributed by atoms with Crippen molar-refractivity contribution in [2.45, 2.75) is 6.92 Å². The van der Waals surface area contributed by atoms with Gasteiger partial charge < -0.3 is 15.0 Å². The first-order valence-electron chi connectivity index (χ1n) is 9.01. The van der Waals surface area contributed by atoms with Crippen LogP contribution in [-0.2, 0) is 9.59 Å². The Labute approximate surface area is 171 Å². The molecule has 0 radical (unpaired) electrons. The van der Waals surface area contributed by atoms with E-state index in [1.165, 1.54) is 10.5 Å². The van der Waals surface area contributed by atoms with Crippen molar-refractivity contribution in [3.05, 3.63) is 59.1 Å². The normalized spacial score (nSPS) is 10.6. The highest BCUT2D eigenvalue weighted by Crippen LogP contribution is 2.20. The standard InChI is InChI=1S/C21H26ClN3O3/c1-16-8-10-17(11-9-16)28-13-12-24(2)15-21(27)25(3)14-20(26)23-19-7-5-4-6-18(19)22/h4-11H,12-15H2,1-3H3,(H,23,26). The highest BCUT2D eigenvalue weighted by molar-refractivity contribution is 6.33. The van der Waals surface area contributed by atoms with Gasteiger partial charge in [-0.25, -0.2) is 0 Å². The Bertz CT molecular complexity index is 796. The number of halogens is 1. The van der Waals surface area contributed by atoms with Crippen molar-refractivity contribution in [2.75, 3.05) is 45.7 Å². The summed E-state index contributed by atoms with van der Waals surface area (Å²) in [7, 11) is 3.44. The van der Waals surface area contributed by atoms with Crippen molar-refractivity contribution in [3.8, 4) is 5.75 Å². The Hall–Kier alpha value is -2.57. The average Bonchev–Trinajstić information content (AvgIpc) is 2.65. The molecule has 0 saturated heterocycles. The zero-order valence-corrected chi connectivity index (χ0v) is 17.2. The van der Waals surface area contributed by atoms with E-state index in [4.69, 9.17) is 16.3 Å². The number of aryl methyl sites for hydroxylation is 1. The fourth-order valence-electron chi connectivity index (χ4n) is 2.44. The molecular weight excluding hydrogens is 378 g/mol. The second kappa shape index (κ2) is 10.7. The molecule has 0 bridgehead atoms. The molecule has 1 N–H and O–H groups in total. The Morgan fingerprint density at radius 3 is 2.39 bits per heavy atom. The molecular formula is C21H26ClN3O3. The lowest BCUT2D eigenvalue weighted by Crippen LogP contribution is -2.41. The zero-order valence-electron chi connectivity index (χ0n) is 16.4. The number of hydrogen-bond donors (Lipinski definition) is 1. The van der Waals surface area contributed by atoms with Crippen molar-refractivity contribution in [1.29, 1.82) is 0 Å². The lowest BCUT2D eigenvalue weighted by atomic mass is 10.2. The van der Waals surface area contributed by atoms with E-state index in [2.05, 4.69) is 5.32 Å². The average molecular weight is 404 g/mol. The number of ether oxygens (including phenoxy) is 1. The van der Waals surface area contributed by atoms with Crippen molar-refractivity contribution in [2.24, 2.45) is 0 Å². The van der Waals surface area contributed by atoms with E-state index in [-0.39, 0.29) is 24.9 Å². The van der Waals surface area contributed by atoms with E-state index >= 15 is 0 Å². The first kappa shape index (κ1) is 21.7. The van der Waals surface area contributed by atoms with Crippen LogP contribution in [0.25, 0.3) is 0 Å². The molecule has 150 valence electrons. The number of nitrogens with zero attached hydrogens (tertiary/aromatic N) is 2. The van der Waals surface area contributed by atoms with Gasteiger partial charge in [0.05, 0.1) is 23.8 Å². The summed E-state index contributed by atoms with van der Waals surface area (Å²) in [6.07, 6.45) is 0. The minimum Gasteiger partial charge on any atom is -0.492 e. The van der Waals surface area contributed by atoms with Crippen LogP contribution in [0.5, 0.6) is 5.75 Å². The van der Waals surface area contributed by atoms with Gasteiger partial charge in [-0.05, 0) is 38.2 Å². The van der Waals surface area contributed by atoms with Crippen LogP contribution in [0.1, 0.15) is 5.56 Å². The van der Waals surface area contributed by atoms with Crippen LogP contribution in [-0.4, -0.2) is 62.0 Å². The Balaban J connectivity index is 1.71. The van der Waals surface area contributed by atoms with Gasteiger partial charge in [0.15, 0.2) is 0 Å². The van der Waals surface area contributed by atoms with Crippen LogP contribution >= 0.6 is 11.6 Å². The first-order chi connectivity index (χ1) is 13.3. The lowest BCUT2D eigenvalue weighted by molar-refractivity contribution is -0.134. The topological polar surface area (TPSA) is 61.9 Å². The first-order valence-corrected chi connectivity index (χ1v) is 9.39. The van der Waals surface area contributed by atoms with Crippen LogP contribution in [0.4, 0.5) is 5.69 Å². The summed E-state index contributed by atoms with van der Waals surface area (Å²) >= 11 is 6.02. The predicted octanol–water partition coefficient (Wildman–Crippen LogP) is 3.06. The summed E-state index contributed by atoms with van der Waals surface area (Å²) in [6, 6.07) is 14.8. The van der Waals surface area contributed by atoms with E-state index in [0.717, 1.165) is 5.75 Å². The largest absolute Gasteiger partial charge is 0.492 e. The van der Waals surface area contributed by atoms with Gasteiger partial charge in [0.25, 0.3) is 0 Å². The molecule has 0 atom stereocenters. The fourth-order valence-corrected chi connectivity index (χ4v) is 2.62. The van der Waals surface area contributed by atoms with Gasteiger partial charge in [-0.3, -0.25) is 14.5 Å². The Morgan fingerprint density at radius 2 is 1.71 bits per heavy atom. The van der Waals surface area contributed by atoms with Gasteiger partial charge >= 0.3 is 0 Å². The molecule has 0 heterocycles. The molecule has 0 aliphatic heterocycles. The summed E-state index contributed by atoms with van der Waals surface area (Å²) in [5, 5.41) is 3.16. The van der Waals surface area contributed by atoms with Crippen LogP contribution in [0.3, 0.4) is 0 Å². The molecule has 2 aromatic rings. The van der Waals surface area contributed by atoms with E-state index in [1.54, 1.807) is 31.3 Å². The summed E-state index contributed by atoms with van der Waals surface area (Å²) in [5.41, 5.74) is 1.71. The molecule has 7 heteroatoms. The Kier molecular flexibility index (Phi) is 8.29. The second-order valence-corrected chi connectivity index (χ2v) is 7.08. The maximum Gasteiger partial charge on any atom is 0.244 e. The number of rotatable bonds is 9. The molecule has 2 amide bonds. The van der Waals surface area contributed by atoms with E-state index < -0.39 is 0 Å². The number of para-hydroxylation sites is 1. The smallest absolute Gasteiger partial charge is 0.244 e. The number of amides is 2. The van der Waals surface area contributed by atoms with Crippen molar-refractivity contribution >= 4 is 29.1 Å². The van der Waals surface area contributed by atoms with Gasteiger partial charge in [-0.2, -0.15) is 0 Å². The number of carbonyl (C=O) groups is 2. The van der Waals surface area contributed by atoms with Crippen LogP contribution < -0.4 is 10.1 Å². The summed E-state index contributed by atoms with van der Waals surface area (Å²) in [4.78, 5) is 27.7. The van der Waals surface area contributed by atoms with Gasteiger partial charge in [0.2, 0.25) is 11.8 Å². The molecule has 6 nitrogen and oxygen atoms in total. The quantitative estimate of drug-likeness (QED) is 0.699. The molecule has 0 fully saturated rings. The van der Waals surface area contributed by atoms with Crippen LogP contribution in [0.2, 0.25) is 5.02 Å². The third kappa shape index (κ3) is 7.21. The molecule has 0 unspecified atom stereocenters. The molecule has 0 aliphatic rings. The maximum absolute atomic E-state index is 12.3. The summed E-state index contributed by atoms with van der Waals surface area (Å²) in [6.45, 7) is 3.25. The lowest BCUT2D eigenvalue weighted by Gasteiger charge is -2.21. The third-order valence-electron chi connectivity index (χ3n) is 4.12. The maximum atomic E-state index is 12.3. The summed E-state index contributed by atoms with van der Waals surface area (Å²) in [5.74, 6) is 0.361. The molecule has 28 heavy (non-hydrogen) atoms. The van der Waals surface area contributed by atoms with Crippen molar-refractivity contribution in [3.63, 3.8) is 0 Å². The monoisotopic (exact) mass is 403 g/mol. The highest BCUT2D eigenvalue weighted by Gasteiger charge is 2.15. The molecule has 0 spiro atoms. The van der Waals surface area contributed by atoms with E-state index in [1.807, 2.05) is 43.1 Å². The minimum absolute atomic E-state index is 0.0439. The Morgan fingerprint density at radius 1 is 1.04 bits per heavy atom. The fraction of sp³-hybridized carbons (Fsp3) is 0.333. The van der Waals surface area contributed by atoms with Gasteiger partial charge in [0.1, 0.15) is 12.4 Å². The number of hydrogen-bond acceptors (Lipinski definition) is 4. The van der Waals surface area contributed by atoms with Gasteiger partial charge in [-0.1, -0.05) is 41.4 Å². The van der Waals surface area contributed by atoms with E-state index in [9.17, 15) is 9.59 Å². The van der Waals surface area contributed by atoms with Crippen molar-refractivity contribution in [1.82, 2.24) is 9.80 Å². The van der Waals surface area contributed by atoms with Crippen LogP contribution in [0.15, 0.2) is 48.5 Å². The molecule has 0 saturated carbocycles. The molecule has 2 aromatic carbocycles. The predicted molar refractivity (Wildman–Crippen MR) is 112 cm³/mol. The van der Waals surface area contributed by atoms with Crippen molar-refractivity contribution < 1.29 is 14.3 Å². The molecule has 0 aliphatic carbocycles.